The molecule has 0 amide bonds. The molecule has 1 aromatic heterocycles. The van der Waals surface area contributed by atoms with Crippen molar-refractivity contribution in [1.29, 1.82) is 0 Å². The van der Waals surface area contributed by atoms with Crippen molar-refractivity contribution >= 4 is 23.3 Å². The number of para-hydroxylation sites is 1. The predicted molar refractivity (Wildman–Crippen MR) is 82.3 cm³/mol. The smallest absolute Gasteiger partial charge is 0.178 e. The first-order valence-electron chi connectivity index (χ1n) is 6.62. The maximum Gasteiger partial charge on any atom is 0.178 e. The number of hydrogen-bond donors (Lipinski definition) is 1. The first-order valence-corrected chi connectivity index (χ1v) is 7.03. The number of fused-ring (bicyclic) bond motifs is 1. The summed E-state index contributed by atoms with van der Waals surface area (Å²) in [6.45, 7) is 9.95. The molecule has 0 spiro atoms. The van der Waals surface area contributed by atoms with Crippen molar-refractivity contribution in [2.75, 3.05) is 7.11 Å². The number of rotatable bonds is 4. The number of nitrogens with zero attached hydrogens (tertiary/aromatic N) is 1. The highest BCUT2D eigenvalue weighted by atomic mass is 32.1. The van der Waals surface area contributed by atoms with E-state index in [1.54, 1.807) is 7.11 Å². The molecule has 1 heterocycles. The molecule has 2 rings (SSSR count). The fourth-order valence-corrected chi connectivity index (χ4v) is 2.34. The van der Waals surface area contributed by atoms with Gasteiger partial charge in [-0.2, -0.15) is 0 Å². The molecule has 0 aliphatic heterocycles. The highest BCUT2D eigenvalue weighted by molar-refractivity contribution is 7.71. The van der Waals surface area contributed by atoms with E-state index < -0.39 is 0 Å². The largest absolute Gasteiger partial charge is 0.494 e. The third kappa shape index (κ3) is 2.54. The number of benzene rings is 1. The Labute approximate surface area is 119 Å². The Morgan fingerprint density at radius 1 is 1.37 bits per heavy atom. The molecule has 0 atom stereocenters. The number of hydrogen-bond acceptors (Lipinski definition) is 2. The minimum absolute atomic E-state index is 0.191. The van der Waals surface area contributed by atoms with Gasteiger partial charge in [-0.3, -0.25) is 0 Å². The first-order chi connectivity index (χ1) is 8.86. The molecule has 0 aliphatic rings. The van der Waals surface area contributed by atoms with Gasteiger partial charge in [-0.25, -0.2) is 0 Å². The van der Waals surface area contributed by atoms with E-state index in [1.807, 2.05) is 12.1 Å². The quantitative estimate of drug-likeness (QED) is 0.841. The van der Waals surface area contributed by atoms with Crippen molar-refractivity contribution in [1.82, 2.24) is 9.55 Å². The molecule has 4 heteroatoms. The van der Waals surface area contributed by atoms with Gasteiger partial charge in [0.2, 0.25) is 0 Å². The topological polar surface area (TPSA) is 29.9 Å². The second-order valence-corrected chi connectivity index (χ2v) is 6.40. The molecular formula is C15H22N2OS. The van der Waals surface area contributed by atoms with E-state index in [2.05, 4.69) is 43.3 Å². The Balaban J connectivity index is 2.56. The van der Waals surface area contributed by atoms with Gasteiger partial charge >= 0.3 is 0 Å². The number of ether oxygens (including phenoxy) is 1. The SMILES string of the molecule is COc1cccc2c1[nH]c(=S)n2CC(C)(C)C(C)C. The van der Waals surface area contributed by atoms with E-state index in [9.17, 15) is 0 Å². The van der Waals surface area contributed by atoms with Crippen LogP contribution >= 0.6 is 12.2 Å². The summed E-state index contributed by atoms with van der Waals surface area (Å²) in [5.41, 5.74) is 2.28. The first kappa shape index (κ1) is 14.1. The minimum Gasteiger partial charge on any atom is -0.494 e. The van der Waals surface area contributed by atoms with E-state index >= 15 is 0 Å². The standard InChI is InChI=1S/C15H22N2OS/c1-10(2)15(3,4)9-17-11-7-6-8-12(18-5)13(11)16-14(17)19/h6-8,10H,9H2,1-5H3,(H,16,19). The van der Waals surface area contributed by atoms with Crippen LogP contribution in [0.3, 0.4) is 0 Å². The molecule has 2 aromatic rings. The Hall–Kier alpha value is -1.29. The van der Waals surface area contributed by atoms with Gasteiger partial charge in [0.25, 0.3) is 0 Å². The Morgan fingerprint density at radius 3 is 2.63 bits per heavy atom. The fourth-order valence-electron chi connectivity index (χ4n) is 2.07. The van der Waals surface area contributed by atoms with Crippen LogP contribution in [0.4, 0.5) is 0 Å². The van der Waals surface area contributed by atoms with Crippen LogP contribution in [0.25, 0.3) is 11.0 Å². The zero-order valence-electron chi connectivity index (χ0n) is 12.3. The van der Waals surface area contributed by atoms with Crippen LogP contribution in [-0.2, 0) is 6.54 Å². The minimum atomic E-state index is 0.191. The lowest BCUT2D eigenvalue weighted by Gasteiger charge is -2.29. The van der Waals surface area contributed by atoms with Crippen molar-refractivity contribution in [2.24, 2.45) is 11.3 Å². The van der Waals surface area contributed by atoms with Crippen LogP contribution in [0.5, 0.6) is 5.75 Å². The summed E-state index contributed by atoms with van der Waals surface area (Å²) in [5.74, 6) is 1.43. The van der Waals surface area contributed by atoms with Crippen molar-refractivity contribution in [3.05, 3.63) is 23.0 Å². The molecule has 0 aliphatic carbocycles. The second-order valence-electron chi connectivity index (χ2n) is 6.01. The lowest BCUT2D eigenvalue weighted by molar-refractivity contribution is 0.212. The summed E-state index contributed by atoms with van der Waals surface area (Å²) < 4.78 is 8.31. The maximum atomic E-state index is 5.47. The summed E-state index contributed by atoms with van der Waals surface area (Å²) in [4.78, 5) is 3.26. The summed E-state index contributed by atoms with van der Waals surface area (Å²) in [7, 11) is 1.68. The number of methoxy groups -OCH3 is 1. The lowest BCUT2D eigenvalue weighted by atomic mass is 9.81. The van der Waals surface area contributed by atoms with Crippen LogP contribution < -0.4 is 4.74 Å². The van der Waals surface area contributed by atoms with E-state index in [-0.39, 0.29) is 5.41 Å². The maximum absolute atomic E-state index is 5.47. The van der Waals surface area contributed by atoms with Gasteiger partial charge in [0.05, 0.1) is 12.6 Å². The number of H-pyrrole nitrogens is 1. The highest BCUT2D eigenvalue weighted by Gasteiger charge is 2.24. The summed E-state index contributed by atoms with van der Waals surface area (Å²) in [6.07, 6.45) is 0. The molecule has 0 saturated heterocycles. The average molecular weight is 278 g/mol. The summed E-state index contributed by atoms with van der Waals surface area (Å²) >= 11 is 5.47. The highest BCUT2D eigenvalue weighted by Crippen LogP contribution is 2.31. The van der Waals surface area contributed by atoms with Crippen molar-refractivity contribution in [3.63, 3.8) is 0 Å². The fraction of sp³-hybridized carbons (Fsp3) is 0.533. The number of aromatic nitrogens is 2. The molecule has 0 radical (unpaired) electrons. The normalized spacial score (nSPS) is 12.3. The Kier molecular flexibility index (Phi) is 3.72. The van der Waals surface area contributed by atoms with Gasteiger partial charge < -0.3 is 14.3 Å². The van der Waals surface area contributed by atoms with E-state index in [0.29, 0.717) is 5.92 Å². The molecular weight excluding hydrogens is 256 g/mol. The Bertz CT molecular complexity index is 637. The predicted octanol–water partition coefficient (Wildman–Crippen LogP) is 4.39. The number of imidazole rings is 1. The summed E-state index contributed by atoms with van der Waals surface area (Å²) in [6, 6.07) is 6.04. The third-order valence-electron chi connectivity index (χ3n) is 4.12. The van der Waals surface area contributed by atoms with E-state index in [4.69, 9.17) is 17.0 Å². The number of nitrogens with one attached hydrogen (secondary N) is 1. The zero-order chi connectivity index (χ0) is 14.2. The van der Waals surface area contributed by atoms with Crippen molar-refractivity contribution in [2.45, 2.75) is 34.2 Å². The monoisotopic (exact) mass is 278 g/mol. The molecule has 104 valence electrons. The Morgan fingerprint density at radius 2 is 2.05 bits per heavy atom. The van der Waals surface area contributed by atoms with Crippen LogP contribution in [0.2, 0.25) is 0 Å². The van der Waals surface area contributed by atoms with Crippen LogP contribution in [0, 0.1) is 16.1 Å². The lowest BCUT2D eigenvalue weighted by Crippen LogP contribution is -2.25. The van der Waals surface area contributed by atoms with Gasteiger partial charge in [0, 0.05) is 6.54 Å². The molecule has 0 fully saturated rings. The molecule has 3 nitrogen and oxygen atoms in total. The number of aromatic amines is 1. The van der Waals surface area contributed by atoms with Crippen molar-refractivity contribution in [3.8, 4) is 5.75 Å². The average Bonchev–Trinajstić information content (AvgIpc) is 2.65. The third-order valence-corrected chi connectivity index (χ3v) is 4.44. The van der Waals surface area contributed by atoms with Crippen LogP contribution in [-0.4, -0.2) is 16.7 Å². The molecule has 19 heavy (non-hydrogen) atoms. The molecule has 1 N–H and O–H groups in total. The second kappa shape index (κ2) is 5.00. The van der Waals surface area contributed by atoms with Crippen molar-refractivity contribution < 1.29 is 4.74 Å². The van der Waals surface area contributed by atoms with Gasteiger partial charge in [0.1, 0.15) is 11.3 Å². The molecule has 1 aromatic carbocycles. The van der Waals surface area contributed by atoms with Gasteiger partial charge in [0.15, 0.2) is 4.77 Å². The van der Waals surface area contributed by atoms with E-state index in [0.717, 1.165) is 28.1 Å². The van der Waals surface area contributed by atoms with Gasteiger partial charge in [-0.05, 0) is 35.7 Å². The molecule has 0 saturated carbocycles. The van der Waals surface area contributed by atoms with Gasteiger partial charge in [-0.15, -0.1) is 0 Å². The van der Waals surface area contributed by atoms with E-state index in [1.165, 1.54) is 0 Å². The van der Waals surface area contributed by atoms with Crippen LogP contribution in [0.1, 0.15) is 27.7 Å². The molecule has 0 bridgehead atoms. The van der Waals surface area contributed by atoms with Gasteiger partial charge in [-0.1, -0.05) is 33.8 Å². The summed E-state index contributed by atoms with van der Waals surface area (Å²) in [5, 5.41) is 0. The zero-order valence-corrected chi connectivity index (χ0v) is 13.1. The van der Waals surface area contributed by atoms with Crippen LogP contribution in [0.15, 0.2) is 18.2 Å². The molecule has 0 unspecified atom stereocenters.